The van der Waals surface area contributed by atoms with Gasteiger partial charge in [-0.25, -0.2) is 4.79 Å². The van der Waals surface area contributed by atoms with E-state index in [-0.39, 0.29) is 11.6 Å². The zero-order valence-electron chi connectivity index (χ0n) is 19.5. The third kappa shape index (κ3) is 7.22. The van der Waals surface area contributed by atoms with Gasteiger partial charge in [-0.1, -0.05) is 18.6 Å². The lowest BCUT2D eigenvalue weighted by Crippen LogP contribution is -2.56. The number of benzene rings is 1. The van der Waals surface area contributed by atoms with Crippen molar-refractivity contribution in [2.45, 2.75) is 63.8 Å². The fraction of sp³-hybridized carbons (Fsp3) is 0.542. The molecule has 1 fully saturated rings. The highest BCUT2D eigenvalue weighted by atomic mass is 19.4. The third-order valence-electron chi connectivity index (χ3n) is 6.03. The Morgan fingerprint density at radius 2 is 2.00 bits per heavy atom. The molecule has 0 spiro atoms. The molecule has 1 aromatic carbocycles. The summed E-state index contributed by atoms with van der Waals surface area (Å²) >= 11 is 0. The number of hydrogen-bond acceptors (Lipinski definition) is 6. The van der Waals surface area contributed by atoms with Crippen LogP contribution in [0.4, 0.5) is 13.2 Å². The first kappa shape index (κ1) is 26.1. The number of piperazine rings is 1. The number of halogens is 3. The number of aromatic nitrogens is 2. The lowest BCUT2D eigenvalue weighted by molar-refractivity contribution is -0.192. The summed E-state index contributed by atoms with van der Waals surface area (Å²) in [5.74, 6) is -2.76. The van der Waals surface area contributed by atoms with Crippen LogP contribution >= 0.6 is 0 Å². The lowest BCUT2D eigenvalue weighted by Gasteiger charge is -2.38. The first-order valence-corrected chi connectivity index (χ1v) is 11.4. The Bertz CT molecular complexity index is 980. The van der Waals surface area contributed by atoms with Gasteiger partial charge in [0, 0.05) is 43.3 Å². The zero-order chi connectivity index (χ0) is 24.9. The number of hydrogen-bond donors (Lipinski definition) is 3. The van der Waals surface area contributed by atoms with E-state index >= 15 is 0 Å². The van der Waals surface area contributed by atoms with Crippen molar-refractivity contribution >= 4 is 5.97 Å². The molecule has 4 N–H and O–H groups in total. The van der Waals surface area contributed by atoms with E-state index in [1.54, 1.807) is 0 Å². The van der Waals surface area contributed by atoms with Crippen molar-refractivity contribution in [3.63, 3.8) is 0 Å². The van der Waals surface area contributed by atoms with Crippen LogP contribution < -0.4 is 11.1 Å². The first-order chi connectivity index (χ1) is 15.9. The number of aliphatic carboxylic acids is 1. The second kappa shape index (κ2) is 10.8. The first-order valence-electron chi connectivity index (χ1n) is 11.4. The van der Waals surface area contributed by atoms with E-state index in [2.05, 4.69) is 42.3 Å². The van der Waals surface area contributed by atoms with Crippen LogP contribution in [0.15, 0.2) is 30.6 Å². The number of carboxylic acid groups (broad SMARTS) is 1. The van der Waals surface area contributed by atoms with Gasteiger partial charge in [0.15, 0.2) is 0 Å². The Morgan fingerprint density at radius 1 is 1.26 bits per heavy atom. The molecular formula is C24H32F3N5O2. The van der Waals surface area contributed by atoms with Gasteiger partial charge in [-0.2, -0.15) is 13.2 Å². The Morgan fingerprint density at radius 3 is 2.62 bits per heavy atom. The summed E-state index contributed by atoms with van der Waals surface area (Å²) in [4.78, 5) is 20.7. The number of carboxylic acids is 1. The smallest absolute Gasteiger partial charge is 0.475 e. The highest BCUT2D eigenvalue weighted by Gasteiger charge is 2.38. The molecule has 1 saturated heterocycles. The van der Waals surface area contributed by atoms with Gasteiger partial charge >= 0.3 is 12.1 Å². The van der Waals surface area contributed by atoms with E-state index in [0.29, 0.717) is 0 Å². The molecule has 1 aliphatic heterocycles. The summed E-state index contributed by atoms with van der Waals surface area (Å²) < 4.78 is 31.7. The van der Waals surface area contributed by atoms with Gasteiger partial charge < -0.3 is 16.2 Å². The van der Waals surface area contributed by atoms with Crippen LogP contribution in [0, 0.1) is 0 Å². The highest BCUT2D eigenvalue weighted by molar-refractivity contribution is 5.73. The van der Waals surface area contributed by atoms with Crippen molar-refractivity contribution in [3.8, 4) is 11.3 Å². The van der Waals surface area contributed by atoms with Gasteiger partial charge in [0.1, 0.15) is 0 Å². The molecule has 0 amide bonds. The molecule has 10 heteroatoms. The number of nitrogens with zero attached hydrogens (tertiary/aromatic N) is 3. The third-order valence-corrected chi connectivity index (χ3v) is 6.03. The molecule has 0 radical (unpaired) electrons. The van der Waals surface area contributed by atoms with Crippen LogP contribution in [-0.2, 0) is 17.8 Å². The SMILES string of the molecule is CC1(C)CN(Cc2cnc(-c3ccc4c(c3)CCCCC4N)cn2)CCN1.O=C(O)C(F)(F)F. The quantitative estimate of drug-likeness (QED) is 0.577. The Labute approximate surface area is 197 Å². The number of carbonyl (C=O) groups is 1. The van der Waals surface area contributed by atoms with Crippen molar-refractivity contribution in [2.24, 2.45) is 5.73 Å². The van der Waals surface area contributed by atoms with E-state index in [1.807, 2.05) is 12.4 Å². The minimum atomic E-state index is -5.08. The number of nitrogens with two attached hydrogens (primary N) is 1. The van der Waals surface area contributed by atoms with E-state index in [4.69, 9.17) is 25.6 Å². The molecule has 2 aliphatic rings. The number of alkyl halides is 3. The van der Waals surface area contributed by atoms with Crippen LogP contribution in [0.1, 0.15) is 56.0 Å². The summed E-state index contributed by atoms with van der Waals surface area (Å²) in [5.41, 5.74) is 12.3. The largest absolute Gasteiger partial charge is 0.490 e. The molecule has 1 aliphatic carbocycles. The highest BCUT2D eigenvalue weighted by Crippen LogP contribution is 2.30. The average Bonchev–Trinajstić information content (AvgIpc) is 2.94. The standard InChI is InChI=1S/C22H31N5.C2HF3O2/c1-22(2)15-27(10-9-26-22)14-18-12-25-21(13-24-18)17-7-8-19-16(11-17)5-3-4-6-20(19)23;3-2(4,5)1(6)7/h7-8,11-13,20,26H,3-6,9-10,14-15,23H2,1-2H3;(H,6,7). The van der Waals surface area contributed by atoms with Crippen molar-refractivity contribution in [1.82, 2.24) is 20.2 Å². The monoisotopic (exact) mass is 479 g/mol. The predicted molar refractivity (Wildman–Crippen MR) is 123 cm³/mol. The Balaban J connectivity index is 0.000000406. The average molecular weight is 480 g/mol. The van der Waals surface area contributed by atoms with Gasteiger partial charge in [-0.3, -0.25) is 14.9 Å². The molecule has 2 aromatic rings. The summed E-state index contributed by atoms with van der Waals surface area (Å²) in [5, 5.41) is 10.7. The van der Waals surface area contributed by atoms with Crippen molar-refractivity contribution in [3.05, 3.63) is 47.4 Å². The Hall–Kier alpha value is -2.56. The van der Waals surface area contributed by atoms with E-state index in [1.165, 1.54) is 24.0 Å². The van der Waals surface area contributed by atoms with Gasteiger partial charge in [-0.15, -0.1) is 0 Å². The topological polar surface area (TPSA) is 104 Å². The number of nitrogens with one attached hydrogen (secondary N) is 1. The molecule has 186 valence electrons. The second-order valence-electron chi connectivity index (χ2n) is 9.48. The fourth-order valence-electron chi connectivity index (χ4n) is 4.37. The summed E-state index contributed by atoms with van der Waals surface area (Å²) in [6, 6.07) is 6.78. The predicted octanol–water partition coefficient (Wildman–Crippen LogP) is 3.69. The zero-order valence-corrected chi connectivity index (χ0v) is 19.5. The molecular weight excluding hydrogens is 447 g/mol. The summed E-state index contributed by atoms with van der Waals surface area (Å²) in [7, 11) is 0. The molecule has 0 bridgehead atoms. The van der Waals surface area contributed by atoms with Crippen LogP contribution in [-0.4, -0.2) is 57.3 Å². The molecule has 4 rings (SSSR count). The van der Waals surface area contributed by atoms with E-state index in [0.717, 1.165) is 56.0 Å². The number of rotatable bonds is 3. The van der Waals surface area contributed by atoms with Gasteiger partial charge in [0.2, 0.25) is 0 Å². The van der Waals surface area contributed by atoms with Crippen molar-refractivity contribution in [2.75, 3.05) is 19.6 Å². The van der Waals surface area contributed by atoms with Crippen LogP contribution in [0.3, 0.4) is 0 Å². The molecule has 1 atom stereocenters. The van der Waals surface area contributed by atoms with Gasteiger partial charge in [0.25, 0.3) is 0 Å². The molecule has 0 saturated carbocycles. The molecule has 34 heavy (non-hydrogen) atoms. The molecule has 1 unspecified atom stereocenters. The fourth-order valence-corrected chi connectivity index (χ4v) is 4.37. The Kier molecular flexibility index (Phi) is 8.27. The van der Waals surface area contributed by atoms with Crippen LogP contribution in [0.5, 0.6) is 0 Å². The minimum absolute atomic E-state index is 0.161. The minimum Gasteiger partial charge on any atom is -0.475 e. The van der Waals surface area contributed by atoms with Crippen molar-refractivity contribution in [1.29, 1.82) is 0 Å². The van der Waals surface area contributed by atoms with Crippen molar-refractivity contribution < 1.29 is 23.1 Å². The number of aryl methyl sites for hydroxylation is 1. The normalized spacial score (nSPS) is 20.5. The molecule has 7 nitrogen and oxygen atoms in total. The van der Waals surface area contributed by atoms with Crippen LogP contribution in [0.2, 0.25) is 0 Å². The van der Waals surface area contributed by atoms with E-state index in [9.17, 15) is 13.2 Å². The lowest BCUT2D eigenvalue weighted by atomic mass is 9.96. The molecule has 2 heterocycles. The number of fused-ring (bicyclic) bond motifs is 1. The maximum Gasteiger partial charge on any atom is 0.490 e. The summed E-state index contributed by atoms with van der Waals surface area (Å²) in [6.45, 7) is 8.46. The van der Waals surface area contributed by atoms with Gasteiger partial charge in [0.05, 0.1) is 23.8 Å². The van der Waals surface area contributed by atoms with Crippen LogP contribution in [0.25, 0.3) is 11.3 Å². The maximum atomic E-state index is 10.6. The summed E-state index contributed by atoms with van der Waals surface area (Å²) in [6.07, 6.45) is 3.39. The molecule has 1 aromatic heterocycles. The van der Waals surface area contributed by atoms with Gasteiger partial charge in [-0.05, 0) is 50.3 Å². The second-order valence-corrected chi connectivity index (χ2v) is 9.48. The maximum absolute atomic E-state index is 10.6. The van der Waals surface area contributed by atoms with E-state index < -0.39 is 12.1 Å².